The highest BCUT2D eigenvalue weighted by Crippen LogP contribution is 2.00. The standard InChI is InChI=1S/C11H14O4/c1-9(12)14-7-8-15-11(13)10-5-3-2-4-6-10/h2-6,9,12H,7-8H2,1H3. The van der Waals surface area contributed by atoms with Crippen LogP contribution in [0.4, 0.5) is 0 Å². The van der Waals surface area contributed by atoms with Gasteiger partial charge >= 0.3 is 5.97 Å². The van der Waals surface area contributed by atoms with Gasteiger partial charge in [-0.15, -0.1) is 0 Å². The highest BCUT2D eigenvalue weighted by Gasteiger charge is 2.05. The normalized spacial score (nSPS) is 12.1. The summed E-state index contributed by atoms with van der Waals surface area (Å²) in [6.45, 7) is 1.83. The lowest BCUT2D eigenvalue weighted by atomic mass is 10.2. The Morgan fingerprint density at radius 2 is 2.00 bits per heavy atom. The molecule has 0 spiro atoms. The fraction of sp³-hybridized carbons (Fsp3) is 0.364. The summed E-state index contributed by atoms with van der Waals surface area (Å²) in [4.78, 5) is 11.3. The number of ether oxygens (including phenoxy) is 2. The zero-order valence-corrected chi connectivity index (χ0v) is 8.55. The van der Waals surface area contributed by atoms with Crippen LogP contribution in [0, 0.1) is 0 Å². The van der Waals surface area contributed by atoms with Gasteiger partial charge in [0.05, 0.1) is 12.2 Å². The molecule has 0 radical (unpaired) electrons. The van der Waals surface area contributed by atoms with Crippen molar-refractivity contribution in [3.63, 3.8) is 0 Å². The molecule has 0 bridgehead atoms. The largest absolute Gasteiger partial charge is 0.460 e. The lowest BCUT2D eigenvalue weighted by Gasteiger charge is -2.07. The average molecular weight is 210 g/mol. The SMILES string of the molecule is CC(O)OCCOC(=O)c1ccccc1. The molecule has 0 amide bonds. The Bertz CT molecular complexity index is 295. The minimum Gasteiger partial charge on any atom is -0.460 e. The van der Waals surface area contributed by atoms with E-state index in [4.69, 9.17) is 14.6 Å². The lowest BCUT2D eigenvalue weighted by Crippen LogP contribution is -2.14. The molecule has 15 heavy (non-hydrogen) atoms. The van der Waals surface area contributed by atoms with Crippen LogP contribution in [0.25, 0.3) is 0 Å². The molecule has 0 aliphatic heterocycles. The van der Waals surface area contributed by atoms with Gasteiger partial charge in [0.1, 0.15) is 6.61 Å². The van der Waals surface area contributed by atoms with Crippen molar-refractivity contribution in [3.8, 4) is 0 Å². The van der Waals surface area contributed by atoms with Crippen molar-refractivity contribution in [2.45, 2.75) is 13.2 Å². The number of rotatable bonds is 5. The van der Waals surface area contributed by atoms with E-state index >= 15 is 0 Å². The van der Waals surface area contributed by atoms with E-state index in [1.807, 2.05) is 6.07 Å². The number of carbonyl (C=O) groups excluding carboxylic acids is 1. The molecule has 1 atom stereocenters. The fourth-order valence-electron chi connectivity index (χ4n) is 1.01. The minimum atomic E-state index is -0.833. The second-order valence-electron chi connectivity index (χ2n) is 2.97. The Hall–Kier alpha value is -1.39. The van der Waals surface area contributed by atoms with Crippen molar-refractivity contribution in [1.29, 1.82) is 0 Å². The number of aliphatic hydroxyl groups is 1. The summed E-state index contributed by atoms with van der Waals surface area (Å²) in [5.74, 6) is -0.384. The maximum Gasteiger partial charge on any atom is 0.338 e. The zero-order chi connectivity index (χ0) is 11.1. The van der Waals surface area contributed by atoms with Gasteiger partial charge in [-0.3, -0.25) is 0 Å². The van der Waals surface area contributed by atoms with Crippen LogP contribution < -0.4 is 0 Å². The molecule has 4 nitrogen and oxygen atoms in total. The van der Waals surface area contributed by atoms with Crippen molar-refractivity contribution in [2.75, 3.05) is 13.2 Å². The predicted molar refractivity (Wildman–Crippen MR) is 54.4 cm³/mol. The first-order chi connectivity index (χ1) is 7.20. The van der Waals surface area contributed by atoms with Crippen LogP contribution in [0.5, 0.6) is 0 Å². The Balaban J connectivity index is 2.25. The van der Waals surface area contributed by atoms with Crippen molar-refractivity contribution in [1.82, 2.24) is 0 Å². The summed E-state index contributed by atoms with van der Waals surface area (Å²) in [5, 5.41) is 8.77. The Labute approximate surface area is 88.4 Å². The quantitative estimate of drug-likeness (QED) is 0.450. The van der Waals surface area contributed by atoms with Gasteiger partial charge in [-0.2, -0.15) is 0 Å². The van der Waals surface area contributed by atoms with Crippen molar-refractivity contribution >= 4 is 5.97 Å². The van der Waals surface area contributed by atoms with E-state index in [0.717, 1.165) is 0 Å². The first-order valence-corrected chi connectivity index (χ1v) is 4.72. The fourth-order valence-corrected chi connectivity index (χ4v) is 1.01. The zero-order valence-electron chi connectivity index (χ0n) is 8.55. The molecule has 0 aliphatic carbocycles. The monoisotopic (exact) mass is 210 g/mol. The molecule has 0 heterocycles. The number of aliphatic hydroxyl groups excluding tert-OH is 1. The topological polar surface area (TPSA) is 55.8 Å². The van der Waals surface area contributed by atoms with Crippen molar-refractivity contribution < 1.29 is 19.4 Å². The molecule has 0 aromatic heterocycles. The van der Waals surface area contributed by atoms with E-state index in [9.17, 15) is 4.79 Å². The Morgan fingerprint density at radius 3 is 2.60 bits per heavy atom. The Morgan fingerprint density at radius 1 is 1.33 bits per heavy atom. The number of carbonyl (C=O) groups is 1. The van der Waals surface area contributed by atoms with Crippen molar-refractivity contribution in [3.05, 3.63) is 35.9 Å². The first-order valence-electron chi connectivity index (χ1n) is 4.72. The number of hydrogen-bond donors (Lipinski definition) is 1. The van der Waals surface area contributed by atoms with Gasteiger partial charge < -0.3 is 14.6 Å². The summed E-state index contributed by atoms with van der Waals surface area (Å²) in [6, 6.07) is 8.72. The lowest BCUT2D eigenvalue weighted by molar-refractivity contribution is -0.0949. The Kier molecular flexibility index (Phi) is 4.80. The van der Waals surface area contributed by atoms with Crippen LogP contribution >= 0.6 is 0 Å². The van der Waals surface area contributed by atoms with Crippen LogP contribution in [-0.4, -0.2) is 30.6 Å². The van der Waals surface area contributed by atoms with Crippen LogP contribution in [-0.2, 0) is 9.47 Å². The molecule has 0 fully saturated rings. The number of benzene rings is 1. The van der Waals surface area contributed by atoms with E-state index in [0.29, 0.717) is 5.56 Å². The molecule has 4 heteroatoms. The molecular weight excluding hydrogens is 196 g/mol. The van der Waals surface area contributed by atoms with Gasteiger partial charge in [-0.25, -0.2) is 4.79 Å². The second-order valence-corrected chi connectivity index (χ2v) is 2.97. The smallest absolute Gasteiger partial charge is 0.338 e. The van der Waals surface area contributed by atoms with Gasteiger partial charge in [0, 0.05) is 0 Å². The van der Waals surface area contributed by atoms with Gasteiger partial charge in [-0.05, 0) is 19.1 Å². The maximum absolute atomic E-state index is 11.3. The first kappa shape index (κ1) is 11.7. The summed E-state index contributed by atoms with van der Waals surface area (Å²) < 4.78 is 9.71. The molecule has 1 rings (SSSR count). The highest BCUT2D eigenvalue weighted by molar-refractivity contribution is 5.89. The molecule has 82 valence electrons. The maximum atomic E-state index is 11.3. The third kappa shape index (κ3) is 4.58. The van der Waals surface area contributed by atoms with Crippen molar-refractivity contribution in [2.24, 2.45) is 0 Å². The molecule has 1 N–H and O–H groups in total. The second kappa shape index (κ2) is 6.16. The van der Waals surface area contributed by atoms with E-state index < -0.39 is 6.29 Å². The third-order valence-corrected chi connectivity index (χ3v) is 1.69. The predicted octanol–water partition coefficient (Wildman–Crippen LogP) is 1.20. The molecule has 1 aromatic carbocycles. The summed E-state index contributed by atoms with van der Waals surface area (Å²) >= 11 is 0. The van der Waals surface area contributed by atoms with E-state index in [1.165, 1.54) is 6.92 Å². The van der Waals surface area contributed by atoms with Crippen LogP contribution in [0.3, 0.4) is 0 Å². The van der Waals surface area contributed by atoms with Crippen LogP contribution in [0.1, 0.15) is 17.3 Å². The molecule has 1 unspecified atom stereocenters. The summed E-state index contributed by atoms with van der Waals surface area (Å²) in [6.07, 6.45) is -0.833. The highest BCUT2D eigenvalue weighted by atomic mass is 16.6. The van der Waals surface area contributed by atoms with Gasteiger partial charge in [0.15, 0.2) is 6.29 Å². The number of esters is 1. The van der Waals surface area contributed by atoms with Gasteiger partial charge in [0.25, 0.3) is 0 Å². The van der Waals surface area contributed by atoms with E-state index in [-0.39, 0.29) is 19.2 Å². The molecular formula is C11H14O4. The molecule has 0 saturated carbocycles. The van der Waals surface area contributed by atoms with E-state index in [1.54, 1.807) is 24.3 Å². The van der Waals surface area contributed by atoms with Gasteiger partial charge in [-0.1, -0.05) is 18.2 Å². The molecule has 0 saturated heterocycles. The van der Waals surface area contributed by atoms with E-state index in [2.05, 4.69) is 0 Å². The molecule has 0 aliphatic rings. The number of hydrogen-bond acceptors (Lipinski definition) is 4. The summed E-state index contributed by atoms with van der Waals surface area (Å²) in [5.41, 5.74) is 0.509. The summed E-state index contributed by atoms with van der Waals surface area (Å²) in [7, 11) is 0. The van der Waals surface area contributed by atoms with Gasteiger partial charge in [0.2, 0.25) is 0 Å². The van der Waals surface area contributed by atoms with Crippen LogP contribution in [0.15, 0.2) is 30.3 Å². The molecule has 1 aromatic rings. The minimum absolute atomic E-state index is 0.138. The third-order valence-electron chi connectivity index (χ3n) is 1.69. The van der Waals surface area contributed by atoms with Crippen LogP contribution in [0.2, 0.25) is 0 Å². The average Bonchev–Trinajstić information content (AvgIpc) is 2.25.